The van der Waals surface area contributed by atoms with Gasteiger partial charge < -0.3 is 4.74 Å². The van der Waals surface area contributed by atoms with Gasteiger partial charge in [0.25, 0.3) is 0 Å². The first-order valence-electron chi connectivity index (χ1n) is 7.13. The lowest BCUT2D eigenvalue weighted by molar-refractivity contribution is 0.159. The van der Waals surface area contributed by atoms with E-state index in [4.69, 9.17) is 11.2 Å². The van der Waals surface area contributed by atoms with Crippen LogP contribution in [0.15, 0.2) is 36.6 Å². The van der Waals surface area contributed by atoms with Crippen LogP contribution in [0.5, 0.6) is 0 Å². The summed E-state index contributed by atoms with van der Waals surface area (Å²) in [7, 11) is 0. The van der Waals surface area contributed by atoms with E-state index in [1.165, 1.54) is 31.2 Å². The number of terminal acetylenes is 1. The summed E-state index contributed by atoms with van der Waals surface area (Å²) < 4.78 is 5.49. The molecule has 1 aliphatic carbocycles. The Labute approximate surface area is 116 Å². The van der Waals surface area contributed by atoms with Crippen molar-refractivity contribution in [1.29, 1.82) is 0 Å². The van der Waals surface area contributed by atoms with Crippen molar-refractivity contribution in [2.24, 2.45) is 5.92 Å². The number of allylic oxidation sites excluding steroid dienone is 1. The summed E-state index contributed by atoms with van der Waals surface area (Å²) in [5.74, 6) is 4.09. The van der Waals surface area contributed by atoms with Crippen molar-refractivity contribution in [2.75, 3.05) is 6.61 Å². The SMILES string of the molecule is C#Cc1ccc(C2CCC(CO/C=C/C)CC2)cc1. The molecule has 0 atom stereocenters. The zero-order chi connectivity index (χ0) is 13.5. The Kier molecular flexibility index (Phi) is 5.10. The van der Waals surface area contributed by atoms with Crippen LogP contribution in [0.3, 0.4) is 0 Å². The summed E-state index contributed by atoms with van der Waals surface area (Å²) >= 11 is 0. The molecule has 1 aromatic carbocycles. The molecular formula is C18H22O. The fourth-order valence-electron chi connectivity index (χ4n) is 2.80. The van der Waals surface area contributed by atoms with E-state index in [1.54, 1.807) is 6.26 Å². The van der Waals surface area contributed by atoms with Gasteiger partial charge in [0.05, 0.1) is 12.9 Å². The van der Waals surface area contributed by atoms with Crippen LogP contribution in [0.2, 0.25) is 0 Å². The first-order valence-corrected chi connectivity index (χ1v) is 7.13. The Morgan fingerprint density at radius 1 is 1.21 bits per heavy atom. The molecule has 1 heteroatoms. The van der Waals surface area contributed by atoms with Gasteiger partial charge in [-0.25, -0.2) is 0 Å². The third kappa shape index (κ3) is 3.89. The number of hydrogen-bond acceptors (Lipinski definition) is 1. The van der Waals surface area contributed by atoms with Crippen molar-refractivity contribution in [3.05, 3.63) is 47.7 Å². The van der Waals surface area contributed by atoms with E-state index in [0.717, 1.165) is 18.1 Å². The average molecular weight is 254 g/mol. The molecule has 1 saturated carbocycles. The lowest BCUT2D eigenvalue weighted by Gasteiger charge is -2.28. The molecule has 0 saturated heterocycles. The van der Waals surface area contributed by atoms with Gasteiger partial charge in [0, 0.05) is 5.56 Å². The van der Waals surface area contributed by atoms with Gasteiger partial charge in [-0.3, -0.25) is 0 Å². The van der Waals surface area contributed by atoms with E-state index in [9.17, 15) is 0 Å². The predicted molar refractivity (Wildman–Crippen MR) is 79.8 cm³/mol. The molecule has 1 aliphatic rings. The van der Waals surface area contributed by atoms with E-state index >= 15 is 0 Å². The predicted octanol–water partition coefficient (Wildman–Crippen LogP) is 4.49. The van der Waals surface area contributed by atoms with Gasteiger partial charge in [0.15, 0.2) is 0 Å². The summed E-state index contributed by atoms with van der Waals surface area (Å²) in [6, 6.07) is 8.49. The van der Waals surface area contributed by atoms with Gasteiger partial charge in [-0.2, -0.15) is 0 Å². The Morgan fingerprint density at radius 3 is 2.47 bits per heavy atom. The second kappa shape index (κ2) is 7.04. The normalized spacial score (nSPS) is 23.2. The molecule has 19 heavy (non-hydrogen) atoms. The number of hydrogen-bond donors (Lipinski definition) is 0. The topological polar surface area (TPSA) is 9.23 Å². The highest BCUT2D eigenvalue weighted by atomic mass is 16.5. The Bertz CT molecular complexity index is 442. The molecule has 1 nitrogen and oxygen atoms in total. The summed E-state index contributed by atoms with van der Waals surface area (Å²) in [6.45, 7) is 2.85. The van der Waals surface area contributed by atoms with Crippen LogP contribution in [0, 0.1) is 18.3 Å². The number of ether oxygens (including phenoxy) is 1. The summed E-state index contributed by atoms with van der Waals surface area (Å²) in [4.78, 5) is 0. The van der Waals surface area contributed by atoms with E-state index in [1.807, 2.05) is 13.0 Å². The smallest absolute Gasteiger partial charge is 0.0901 e. The zero-order valence-electron chi connectivity index (χ0n) is 11.6. The van der Waals surface area contributed by atoms with Crippen LogP contribution in [-0.4, -0.2) is 6.61 Å². The Balaban J connectivity index is 1.83. The molecule has 0 aromatic heterocycles. The highest BCUT2D eigenvalue weighted by molar-refractivity contribution is 5.35. The highest BCUT2D eigenvalue weighted by Crippen LogP contribution is 2.35. The maximum atomic E-state index is 5.49. The molecule has 0 unspecified atom stereocenters. The Morgan fingerprint density at radius 2 is 1.89 bits per heavy atom. The number of benzene rings is 1. The lowest BCUT2D eigenvalue weighted by Crippen LogP contribution is -2.17. The molecule has 2 rings (SSSR count). The molecule has 0 spiro atoms. The van der Waals surface area contributed by atoms with E-state index in [-0.39, 0.29) is 0 Å². The molecule has 1 aromatic rings. The van der Waals surface area contributed by atoms with Crippen LogP contribution in [0.4, 0.5) is 0 Å². The monoisotopic (exact) mass is 254 g/mol. The second-order valence-corrected chi connectivity index (χ2v) is 5.29. The fraction of sp³-hybridized carbons (Fsp3) is 0.444. The van der Waals surface area contributed by atoms with Gasteiger partial charge >= 0.3 is 0 Å². The molecule has 100 valence electrons. The van der Waals surface area contributed by atoms with Crippen molar-refractivity contribution >= 4 is 0 Å². The van der Waals surface area contributed by atoms with Crippen molar-refractivity contribution in [3.8, 4) is 12.3 Å². The summed E-state index contributed by atoms with van der Waals surface area (Å²) in [5, 5.41) is 0. The van der Waals surface area contributed by atoms with Gasteiger partial charge in [-0.1, -0.05) is 24.1 Å². The van der Waals surface area contributed by atoms with E-state index < -0.39 is 0 Å². The third-order valence-corrected chi connectivity index (χ3v) is 3.96. The quantitative estimate of drug-likeness (QED) is 0.568. The summed E-state index contributed by atoms with van der Waals surface area (Å²) in [6.07, 6.45) is 14.2. The minimum absolute atomic E-state index is 0.699. The third-order valence-electron chi connectivity index (χ3n) is 3.96. The largest absolute Gasteiger partial charge is 0.501 e. The van der Waals surface area contributed by atoms with Gasteiger partial charge in [0.2, 0.25) is 0 Å². The van der Waals surface area contributed by atoms with Gasteiger partial charge in [-0.15, -0.1) is 6.42 Å². The van der Waals surface area contributed by atoms with Crippen LogP contribution in [-0.2, 0) is 4.74 Å². The minimum Gasteiger partial charge on any atom is -0.501 e. The van der Waals surface area contributed by atoms with Crippen molar-refractivity contribution < 1.29 is 4.74 Å². The molecule has 0 bridgehead atoms. The van der Waals surface area contributed by atoms with Gasteiger partial charge in [0.1, 0.15) is 0 Å². The van der Waals surface area contributed by atoms with Crippen molar-refractivity contribution in [3.63, 3.8) is 0 Å². The highest BCUT2D eigenvalue weighted by Gasteiger charge is 2.22. The Hall–Kier alpha value is -1.68. The summed E-state index contributed by atoms with van der Waals surface area (Å²) in [5.41, 5.74) is 2.41. The van der Waals surface area contributed by atoms with Crippen LogP contribution in [0.1, 0.15) is 49.7 Å². The molecule has 0 amide bonds. The van der Waals surface area contributed by atoms with Crippen molar-refractivity contribution in [1.82, 2.24) is 0 Å². The first kappa shape index (κ1) is 13.7. The number of rotatable bonds is 4. The molecule has 0 aliphatic heterocycles. The van der Waals surface area contributed by atoms with E-state index in [2.05, 4.69) is 30.2 Å². The molecular weight excluding hydrogens is 232 g/mol. The standard InChI is InChI=1S/C18H22O/c1-3-13-19-14-16-7-11-18(12-8-16)17-9-5-15(4-2)6-10-17/h2-3,5-6,9-10,13,16,18H,7-8,11-12,14H2,1H3/b13-3+. The molecule has 0 heterocycles. The lowest BCUT2D eigenvalue weighted by atomic mass is 9.79. The van der Waals surface area contributed by atoms with Crippen LogP contribution < -0.4 is 0 Å². The average Bonchev–Trinajstić information content (AvgIpc) is 2.48. The van der Waals surface area contributed by atoms with Crippen LogP contribution in [0.25, 0.3) is 0 Å². The maximum Gasteiger partial charge on any atom is 0.0901 e. The molecule has 0 radical (unpaired) electrons. The zero-order valence-corrected chi connectivity index (χ0v) is 11.6. The maximum absolute atomic E-state index is 5.49. The fourth-order valence-corrected chi connectivity index (χ4v) is 2.80. The van der Waals surface area contributed by atoms with Gasteiger partial charge in [-0.05, 0) is 62.1 Å². The van der Waals surface area contributed by atoms with Crippen LogP contribution >= 0.6 is 0 Å². The second-order valence-electron chi connectivity index (χ2n) is 5.29. The van der Waals surface area contributed by atoms with Crippen molar-refractivity contribution in [2.45, 2.75) is 38.5 Å². The first-order chi connectivity index (χ1) is 9.33. The molecule has 1 fully saturated rings. The molecule has 0 N–H and O–H groups in total. The minimum atomic E-state index is 0.699. The van der Waals surface area contributed by atoms with E-state index in [0.29, 0.717) is 5.92 Å².